The van der Waals surface area contributed by atoms with Crippen LogP contribution in [0, 0.1) is 10.1 Å². The fourth-order valence-corrected chi connectivity index (χ4v) is 2.00. The minimum Gasteiger partial charge on any atom is -0.482 e. The second-order valence-corrected chi connectivity index (χ2v) is 4.39. The highest BCUT2D eigenvalue weighted by molar-refractivity contribution is 6.30. The van der Waals surface area contributed by atoms with Gasteiger partial charge < -0.3 is 10.1 Å². The molecule has 0 radical (unpaired) electrons. The van der Waals surface area contributed by atoms with Crippen LogP contribution in [0.25, 0.3) is 0 Å². The van der Waals surface area contributed by atoms with E-state index in [9.17, 15) is 10.1 Å². The summed E-state index contributed by atoms with van der Waals surface area (Å²) in [5.74, 6) is 0.285. The van der Waals surface area contributed by atoms with Crippen LogP contribution in [0.15, 0.2) is 18.2 Å². The molecule has 1 unspecified atom stereocenters. The Kier molecular flexibility index (Phi) is 5.65. The van der Waals surface area contributed by atoms with Gasteiger partial charge in [0, 0.05) is 17.6 Å². The van der Waals surface area contributed by atoms with Crippen molar-refractivity contribution in [3.05, 3.63) is 33.3 Å². The van der Waals surface area contributed by atoms with E-state index in [-0.39, 0.29) is 29.9 Å². The molecule has 1 N–H and O–H groups in total. The van der Waals surface area contributed by atoms with Gasteiger partial charge in [0.15, 0.2) is 5.75 Å². The van der Waals surface area contributed by atoms with E-state index in [1.54, 1.807) is 12.1 Å². The number of ether oxygens (including phenoxy) is 1. The number of nitrogens with one attached hydrogen (secondary N) is 1. The molecule has 0 saturated carbocycles. The van der Waals surface area contributed by atoms with Crippen molar-refractivity contribution >= 4 is 29.7 Å². The van der Waals surface area contributed by atoms with E-state index in [2.05, 4.69) is 5.32 Å². The average Bonchev–Trinajstić information content (AvgIpc) is 2.32. The van der Waals surface area contributed by atoms with Crippen molar-refractivity contribution in [1.82, 2.24) is 5.32 Å². The number of benzene rings is 1. The van der Waals surface area contributed by atoms with Crippen LogP contribution >= 0.6 is 24.0 Å². The van der Waals surface area contributed by atoms with Gasteiger partial charge >= 0.3 is 5.69 Å². The topological polar surface area (TPSA) is 64.4 Å². The fraction of sp³-hybridized carbons (Fsp3) is 0.455. The van der Waals surface area contributed by atoms with E-state index in [1.165, 1.54) is 6.07 Å². The maximum absolute atomic E-state index is 10.9. The van der Waals surface area contributed by atoms with Crippen molar-refractivity contribution in [3.8, 4) is 5.75 Å². The van der Waals surface area contributed by atoms with Gasteiger partial charge in [-0.1, -0.05) is 11.6 Å². The number of piperidine rings is 1. The summed E-state index contributed by atoms with van der Waals surface area (Å²) in [6.07, 6.45) is 1.92. The number of nitrogens with zero attached hydrogens (tertiary/aromatic N) is 1. The van der Waals surface area contributed by atoms with Crippen LogP contribution in [-0.4, -0.2) is 24.1 Å². The highest BCUT2D eigenvalue weighted by Crippen LogP contribution is 2.31. The molecule has 0 amide bonds. The zero-order valence-corrected chi connectivity index (χ0v) is 11.2. The molecule has 1 aliphatic rings. The summed E-state index contributed by atoms with van der Waals surface area (Å²) in [5, 5.41) is 14.4. The van der Waals surface area contributed by atoms with E-state index in [1.807, 2.05) is 0 Å². The Morgan fingerprint density at radius 2 is 2.28 bits per heavy atom. The number of nitro benzene ring substituents is 1. The van der Waals surface area contributed by atoms with Gasteiger partial charge in [0.05, 0.1) is 4.92 Å². The lowest BCUT2D eigenvalue weighted by Crippen LogP contribution is -2.37. The molecule has 18 heavy (non-hydrogen) atoms. The predicted molar refractivity (Wildman–Crippen MR) is 71.9 cm³/mol. The highest BCUT2D eigenvalue weighted by atomic mass is 35.5. The Balaban J connectivity index is 0.00000162. The normalized spacial score (nSPS) is 18.8. The average molecular weight is 293 g/mol. The minimum atomic E-state index is -0.475. The van der Waals surface area contributed by atoms with Crippen molar-refractivity contribution < 1.29 is 9.66 Å². The smallest absolute Gasteiger partial charge is 0.312 e. The van der Waals surface area contributed by atoms with Crippen LogP contribution in [0.2, 0.25) is 5.02 Å². The second kappa shape index (κ2) is 6.78. The van der Waals surface area contributed by atoms with E-state index >= 15 is 0 Å². The lowest BCUT2D eigenvalue weighted by atomic mass is 10.1. The highest BCUT2D eigenvalue weighted by Gasteiger charge is 2.21. The Morgan fingerprint density at radius 1 is 1.50 bits per heavy atom. The van der Waals surface area contributed by atoms with E-state index in [0.717, 1.165) is 25.9 Å². The number of rotatable bonds is 3. The summed E-state index contributed by atoms with van der Waals surface area (Å²) in [6.45, 7) is 1.70. The van der Waals surface area contributed by atoms with E-state index in [4.69, 9.17) is 16.3 Å². The Hall–Kier alpha value is -1.04. The summed E-state index contributed by atoms with van der Waals surface area (Å²) >= 11 is 5.73. The first-order valence-corrected chi connectivity index (χ1v) is 5.86. The van der Waals surface area contributed by atoms with Crippen LogP contribution < -0.4 is 10.1 Å². The monoisotopic (exact) mass is 292 g/mol. The molecule has 1 fully saturated rings. The maximum atomic E-state index is 10.9. The molecule has 5 nitrogen and oxygen atoms in total. The largest absolute Gasteiger partial charge is 0.482 e. The van der Waals surface area contributed by atoms with Crippen molar-refractivity contribution in [1.29, 1.82) is 0 Å². The zero-order valence-electron chi connectivity index (χ0n) is 9.60. The molecule has 0 bridgehead atoms. The Labute approximate surface area is 116 Å². The van der Waals surface area contributed by atoms with Crippen LogP contribution in [0.4, 0.5) is 5.69 Å². The summed E-state index contributed by atoms with van der Waals surface area (Å²) in [6, 6.07) is 4.46. The molecular weight excluding hydrogens is 279 g/mol. The molecular formula is C11H14Cl2N2O3. The van der Waals surface area contributed by atoms with E-state index < -0.39 is 4.92 Å². The van der Waals surface area contributed by atoms with Gasteiger partial charge in [-0.05, 0) is 31.5 Å². The third-order valence-corrected chi connectivity index (χ3v) is 2.90. The van der Waals surface area contributed by atoms with Crippen molar-refractivity contribution in [2.24, 2.45) is 0 Å². The summed E-state index contributed by atoms with van der Waals surface area (Å²) in [5.41, 5.74) is -0.0805. The SMILES string of the molecule is Cl.O=[N+]([O-])c1cc(Cl)ccc1OC1CCCNC1. The van der Waals surface area contributed by atoms with Gasteiger partial charge in [-0.3, -0.25) is 10.1 Å². The third-order valence-electron chi connectivity index (χ3n) is 2.66. The molecule has 1 atom stereocenters. The third kappa shape index (κ3) is 3.73. The lowest BCUT2D eigenvalue weighted by molar-refractivity contribution is -0.386. The van der Waals surface area contributed by atoms with Gasteiger partial charge in [0.2, 0.25) is 0 Å². The van der Waals surface area contributed by atoms with Crippen LogP contribution in [0.1, 0.15) is 12.8 Å². The van der Waals surface area contributed by atoms with Crippen molar-refractivity contribution in [3.63, 3.8) is 0 Å². The number of halogens is 2. The van der Waals surface area contributed by atoms with Crippen molar-refractivity contribution in [2.45, 2.75) is 18.9 Å². The molecule has 1 aliphatic heterocycles. The Morgan fingerprint density at radius 3 is 2.89 bits per heavy atom. The molecule has 0 aliphatic carbocycles. The maximum Gasteiger partial charge on any atom is 0.312 e. The van der Waals surface area contributed by atoms with Gasteiger partial charge in [-0.25, -0.2) is 0 Å². The molecule has 7 heteroatoms. The molecule has 0 spiro atoms. The summed E-state index contributed by atoms with van der Waals surface area (Å²) < 4.78 is 5.64. The zero-order chi connectivity index (χ0) is 12.3. The molecule has 0 aromatic heterocycles. The lowest BCUT2D eigenvalue weighted by Gasteiger charge is -2.23. The minimum absolute atomic E-state index is 0. The summed E-state index contributed by atoms with van der Waals surface area (Å²) in [4.78, 5) is 10.4. The number of hydrogen-bond acceptors (Lipinski definition) is 4. The fourth-order valence-electron chi connectivity index (χ4n) is 1.83. The van der Waals surface area contributed by atoms with Gasteiger partial charge in [0.25, 0.3) is 0 Å². The molecule has 2 rings (SSSR count). The first-order valence-electron chi connectivity index (χ1n) is 5.48. The molecule has 1 saturated heterocycles. The number of nitro groups is 1. The summed E-state index contributed by atoms with van der Waals surface area (Å²) in [7, 11) is 0. The van der Waals surface area contributed by atoms with Crippen LogP contribution in [-0.2, 0) is 0 Å². The van der Waals surface area contributed by atoms with Gasteiger partial charge in [-0.15, -0.1) is 12.4 Å². The molecule has 1 aromatic rings. The molecule has 100 valence electrons. The Bertz CT molecular complexity index is 423. The quantitative estimate of drug-likeness (QED) is 0.687. The van der Waals surface area contributed by atoms with Gasteiger partial charge in [-0.2, -0.15) is 0 Å². The van der Waals surface area contributed by atoms with Crippen LogP contribution in [0.3, 0.4) is 0 Å². The van der Waals surface area contributed by atoms with E-state index in [0.29, 0.717) is 5.02 Å². The molecule has 1 aromatic carbocycles. The standard InChI is InChI=1S/C11H13ClN2O3.ClH/c12-8-3-4-11(10(6-8)14(15)16)17-9-2-1-5-13-7-9;/h3-4,6,9,13H,1-2,5,7H2;1H. The van der Waals surface area contributed by atoms with Gasteiger partial charge in [0.1, 0.15) is 6.10 Å². The second-order valence-electron chi connectivity index (χ2n) is 3.96. The number of hydrogen-bond donors (Lipinski definition) is 1. The molecule has 1 heterocycles. The predicted octanol–water partition coefficient (Wildman–Crippen LogP) is 2.80. The first kappa shape index (κ1) is 15.0. The first-order chi connectivity index (χ1) is 8.16. The van der Waals surface area contributed by atoms with Crippen molar-refractivity contribution in [2.75, 3.05) is 13.1 Å². The van der Waals surface area contributed by atoms with Crippen LogP contribution in [0.5, 0.6) is 5.75 Å².